The molecule has 11 heavy (non-hydrogen) atoms. The molecule has 0 rings (SSSR count). The number of allylic oxidation sites excluding steroid dienone is 1. The van der Waals surface area contributed by atoms with E-state index >= 15 is 0 Å². The molecule has 0 N–H and O–H groups in total. The van der Waals surface area contributed by atoms with Gasteiger partial charge in [-0.05, 0) is 13.3 Å². The van der Waals surface area contributed by atoms with Gasteiger partial charge in [-0.3, -0.25) is 0 Å². The molecule has 0 saturated heterocycles. The van der Waals surface area contributed by atoms with Gasteiger partial charge in [0.1, 0.15) is 0 Å². The SMILES string of the molecule is C=CCCC#CC(=O)OCC. The zero-order valence-electron chi connectivity index (χ0n) is 6.72. The van der Waals surface area contributed by atoms with Crippen molar-refractivity contribution in [3.05, 3.63) is 12.7 Å². The van der Waals surface area contributed by atoms with Crippen molar-refractivity contribution in [3.63, 3.8) is 0 Å². The van der Waals surface area contributed by atoms with Gasteiger partial charge in [0.2, 0.25) is 0 Å². The van der Waals surface area contributed by atoms with Crippen LogP contribution in [0.25, 0.3) is 0 Å². The van der Waals surface area contributed by atoms with Crippen LogP contribution in [0.15, 0.2) is 12.7 Å². The van der Waals surface area contributed by atoms with Gasteiger partial charge in [0.25, 0.3) is 0 Å². The number of esters is 1. The van der Waals surface area contributed by atoms with Gasteiger partial charge >= 0.3 is 5.97 Å². The van der Waals surface area contributed by atoms with E-state index in [0.29, 0.717) is 13.0 Å². The Kier molecular flexibility index (Phi) is 6.11. The topological polar surface area (TPSA) is 26.3 Å². The van der Waals surface area contributed by atoms with Crippen molar-refractivity contribution in [2.75, 3.05) is 6.61 Å². The molecule has 60 valence electrons. The Balaban J connectivity index is 3.51. The predicted octanol–water partition coefficient (Wildman–Crippen LogP) is 1.52. The Labute approximate surface area is 67.2 Å². The van der Waals surface area contributed by atoms with E-state index in [1.807, 2.05) is 0 Å². The average Bonchev–Trinajstić information content (AvgIpc) is 1.99. The number of carbonyl (C=O) groups excluding carboxylic acids is 1. The fourth-order valence-electron chi connectivity index (χ4n) is 0.476. The van der Waals surface area contributed by atoms with Crippen LogP contribution in [0.5, 0.6) is 0 Å². The molecule has 2 heteroatoms. The van der Waals surface area contributed by atoms with E-state index in [2.05, 4.69) is 23.2 Å². The highest BCUT2D eigenvalue weighted by Gasteiger charge is 1.90. The molecule has 2 nitrogen and oxygen atoms in total. The first kappa shape index (κ1) is 9.77. The highest BCUT2D eigenvalue weighted by molar-refractivity contribution is 5.88. The molecule has 0 fully saturated rings. The van der Waals surface area contributed by atoms with Crippen LogP contribution in [-0.2, 0) is 9.53 Å². The number of carbonyl (C=O) groups is 1. The van der Waals surface area contributed by atoms with Crippen molar-refractivity contribution >= 4 is 5.97 Å². The monoisotopic (exact) mass is 152 g/mol. The van der Waals surface area contributed by atoms with E-state index in [4.69, 9.17) is 0 Å². The summed E-state index contributed by atoms with van der Waals surface area (Å²) in [4.78, 5) is 10.6. The Morgan fingerprint density at radius 2 is 2.45 bits per heavy atom. The van der Waals surface area contributed by atoms with Gasteiger partial charge in [0.05, 0.1) is 6.61 Å². The number of ether oxygens (including phenoxy) is 1. The summed E-state index contributed by atoms with van der Waals surface area (Å²) in [5.74, 6) is 4.59. The second-order valence-corrected chi connectivity index (χ2v) is 1.85. The third-order valence-corrected chi connectivity index (χ3v) is 0.939. The molecular weight excluding hydrogens is 140 g/mol. The van der Waals surface area contributed by atoms with Gasteiger partial charge < -0.3 is 4.74 Å². The van der Waals surface area contributed by atoms with Crippen molar-refractivity contribution in [2.45, 2.75) is 19.8 Å². The summed E-state index contributed by atoms with van der Waals surface area (Å²) >= 11 is 0. The largest absolute Gasteiger partial charge is 0.456 e. The quantitative estimate of drug-likeness (QED) is 0.201. The molecule has 0 unspecified atom stereocenters. The van der Waals surface area contributed by atoms with Crippen molar-refractivity contribution in [1.82, 2.24) is 0 Å². The minimum Gasteiger partial charge on any atom is -0.456 e. The summed E-state index contributed by atoms with van der Waals surface area (Å²) < 4.78 is 4.58. The van der Waals surface area contributed by atoms with Gasteiger partial charge in [-0.1, -0.05) is 12.0 Å². The highest BCUT2D eigenvalue weighted by atomic mass is 16.5. The van der Waals surface area contributed by atoms with Gasteiger partial charge in [-0.2, -0.15) is 0 Å². The lowest BCUT2D eigenvalue weighted by Gasteiger charge is -1.90. The van der Waals surface area contributed by atoms with E-state index in [1.54, 1.807) is 13.0 Å². The number of rotatable bonds is 3. The van der Waals surface area contributed by atoms with Crippen LogP contribution in [0, 0.1) is 11.8 Å². The van der Waals surface area contributed by atoms with Crippen molar-refractivity contribution in [3.8, 4) is 11.8 Å². The lowest BCUT2D eigenvalue weighted by Crippen LogP contribution is -1.99. The second-order valence-electron chi connectivity index (χ2n) is 1.85. The van der Waals surface area contributed by atoms with E-state index < -0.39 is 5.97 Å². The molecule has 0 aliphatic heterocycles. The first-order chi connectivity index (χ1) is 5.31. The number of hydrogen-bond acceptors (Lipinski definition) is 2. The van der Waals surface area contributed by atoms with Crippen LogP contribution in [0.4, 0.5) is 0 Å². The summed E-state index contributed by atoms with van der Waals surface area (Å²) in [6.45, 7) is 5.67. The zero-order valence-corrected chi connectivity index (χ0v) is 6.72. The standard InChI is InChI=1S/C9H12O2/c1-3-5-6-7-8-9(10)11-4-2/h3H,1,4-6H2,2H3. The first-order valence-electron chi connectivity index (χ1n) is 3.57. The molecule has 0 amide bonds. The molecule has 0 spiro atoms. The number of unbranched alkanes of at least 4 members (excludes halogenated alkanes) is 1. The molecule has 0 radical (unpaired) electrons. The Morgan fingerprint density at radius 1 is 1.73 bits per heavy atom. The van der Waals surface area contributed by atoms with Crippen LogP contribution in [0.1, 0.15) is 19.8 Å². The summed E-state index contributed by atoms with van der Waals surface area (Å²) in [5.41, 5.74) is 0. The van der Waals surface area contributed by atoms with Crippen LogP contribution in [0.3, 0.4) is 0 Å². The predicted molar refractivity (Wildman–Crippen MR) is 43.8 cm³/mol. The van der Waals surface area contributed by atoms with E-state index in [-0.39, 0.29) is 0 Å². The first-order valence-corrected chi connectivity index (χ1v) is 3.57. The van der Waals surface area contributed by atoms with Crippen molar-refractivity contribution in [2.24, 2.45) is 0 Å². The Hall–Kier alpha value is -1.23. The zero-order chi connectivity index (χ0) is 8.53. The fraction of sp³-hybridized carbons (Fsp3) is 0.444. The molecular formula is C9H12O2. The van der Waals surface area contributed by atoms with Crippen LogP contribution in [0.2, 0.25) is 0 Å². The van der Waals surface area contributed by atoms with Gasteiger partial charge in [0, 0.05) is 12.3 Å². The smallest absolute Gasteiger partial charge is 0.384 e. The fourth-order valence-corrected chi connectivity index (χ4v) is 0.476. The maximum Gasteiger partial charge on any atom is 0.384 e. The van der Waals surface area contributed by atoms with Crippen molar-refractivity contribution < 1.29 is 9.53 Å². The Bertz CT molecular complexity index is 183. The van der Waals surface area contributed by atoms with Gasteiger partial charge in [0.15, 0.2) is 0 Å². The van der Waals surface area contributed by atoms with Crippen molar-refractivity contribution in [1.29, 1.82) is 0 Å². The molecule has 0 aromatic carbocycles. The van der Waals surface area contributed by atoms with E-state index in [9.17, 15) is 4.79 Å². The van der Waals surface area contributed by atoms with Gasteiger partial charge in [-0.15, -0.1) is 6.58 Å². The average molecular weight is 152 g/mol. The minimum atomic E-state index is -0.448. The summed E-state index contributed by atoms with van der Waals surface area (Å²) in [7, 11) is 0. The molecule has 0 saturated carbocycles. The molecule has 0 aromatic heterocycles. The summed E-state index contributed by atoms with van der Waals surface area (Å²) in [6, 6.07) is 0. The van der Waals surface area contributed by atoms with Crippen LogP contribution in [-0.4, -0.2) is 12.6 Å². The summed E-state index contributed by atoms with van der Waals surface area (Å²) in [6.07, 6.45) is 3.24. The molecule has 0 atom stereocenters. The van der Waals surface area contributed by atoms with Crippen LogP contribution < -0.4 is 0 Å². The minimum absolute atomic E-state index is 0.384. The van der Waals surface area contributed by atoms with Gasteiger partial charge in [-0.25, -0.2) is 4.79 Å². The third kappa shape index (κ3) is 6.66. The molecule has 0 aliphatic carbocycles. The maximum absolute atomic E-state index is 10.6. The number of hydrogen-bond donors (Lipinski definition) is 0. The maximum atomic E-state index is 10.6. The second kappa shape index (κ2) is 6.88. The molecule has 0 heterocycles. The highest BCUT2D eigenvalue weighted by Crippen LogP contribution is 1.85. The van der Waals surface area contributed by atoms with E-state index in [0.717, 1.165) is 6.42 Å². The molecule has 0 bridgehead atoms. The van der Waals surface area contributed by atoms with E-state index in [1.165, 1.54) is 0 Å². The Morgan fingerprint density at radius 3 is 3.00 bits per heavy atom. The lowest BCUT2D eigenvalue weighted by molar-refractivity contribution is -0.136. The van der Waals surface area contributed by atoms with Crippen LogP contribution >= 0.6 is 0 Å². The summed E-state index contributed by atoms with van der Waals surface area (Å²) in [5, 5.41) is 0. The normalized spacial score (nSPS) is 7.73. The third-order valence-electron chi connectivity index (χ3n) is 0.939. The molecule has 0 aliphatic rings. The molecule has 0 aromatic rings. The lowest BCUT2D eigenvalue weighted by atomic mass is 10.3.